The number of benzene rings is 1. The van der Waals surface area contributed by atoms with Crippen molar-refractivity contribution in [1.29, 1.82) is 5.26 Å². The van der Waals surface area contributed by atoms with Crippen LogP contribution >= 0.6 is 0 Å². The first-order valence-electron chi connectivity index (χ1n) is 21.0. The highest BCUT2D eigenvalue weighted by Gasteiger charge is 2.47. The molecule has 0 radical (unpaired) electrons. The molecule has 0 spiro atoms. The molecule has 64 heavy (non-hydrogen) atoms. The van der Waals surface area contributed by atoms with Crippen molar-refractivity contribution in [2.75, 3.05) is 111 Å². The first-order valence-corrected chi connectivity index (χ1v) is 21.0. The van der Waals surface area contributed by atoms with Gasteiger partial charge in [-0.15, -0.1) is 0 Å². The number of ether oxygens (including phenoxy) is 1. The van der Waals surface area contributed by atoms with Crippen molar-refractivity contribution in [2.24, 2.45) is 0 Å². The molecule has 3 fully saturated rings. The van der Waals surface area contributed by atoms with E-state index < -0.39 is 79.1 Å². The zero-order chi connectivity index (χ0) is 46.4. The van der Waals surface area contributed by atoms with Crippen molar-refractivity contribution in [1.82, 2.24) is 45.0 Å². The number of likely N-dealkylation sites (tertiary alicyclic amines) is 1. The van der Waals surface area contributed by atoms with E-state index in [-0.39, 0.29) is 38.0 Å². The first-order chi connectivity index (χ1) is 30.5. The van der Waals surface area contributed by atoms with Crippen LogP contribution in [0.5, 0.6) is 5.75 Å². The maximum absolute atomic E-state index is 13.8. The maximum Gasteiger partial charge on any atom is 0.317 e. The van der Waals surface area contributed by atoms with Crippen molar-refractivity contribution in [3.05, 3.63) is 36.0 Å². The molecule has 21 nitrogen and oxygen atoms in total. The third-order valence-electron chi connectivity index (χ3n) is 11.2. The largest absolute Gasteiger partial charge is 0.494 e. The Labute approximate surface area is 367 Å². The summed E-state index contributed by atoms with van der Waals surface area (Å²) in [5.74, 6) is -8.28. The van der Waals surface area contributed by atoms with Crippen LogP contribution in [0.3, 0.4) is 0 Å². The summed E-state index contributed by atoms with van der Waals surface area (Å²) in [7, 11) is 0. The normalized spacial score (nSPS) is 19.4. The number of halogens is 2. The summed E-state index contributed by atoms with van der Waals surface area (Å²) in [6.45, 7) is 2.40. The second-order valence-electron chi connectivity index (χ2n) is 16.0. The number of nitrogens with zero attached hydrogens (tertiary/aromatic N) is 8. The average molecular weight is 901 g/mol. The van der Waals surface area contributed by atoms with E-state index in [0.29, 0.717) is 102 Å². The van der Waals surface area contributed by atoms with Crippen molar-refractivity contribution in [3.63, 3.8) is 0 Å². The number of aliphatic carboxylic acids is 3. The minimum absolute atomic E-state index is 0.126. The van der Waals surface area contributed by atoms with Gasteiger partial charge in [0.2, 0.25) is 17.7 Å². The second-order valence-corrected chi connectivity index (χ2v) is 16.0. The van der Waals surface area contributed by atoms with Gasteiger partial charge in [0, 0.05) is 96.4 Å². The molecule has 348 valence electrons. The number of carboxylic acids is 3. The second kappa shape index (κ2) is 23.0. The Morgan fingerprint density at radius 2 is 1.45 bits per heavy atom. The number of pyridine rings is 1. The standard InChI is InChI=1S/C41H54F2N10O11/c42-41(43)21-28(22-44)53(27-41)35(55)23-46-39(62)30-6-7-45-32-3-2-29(20-31(30)32)64-19-1-8-48-15-17-52(18-16-48)40(63)33(4-5-36(56)57)47-34(54)24-49-9-11-50(25-37(58)59)13-14-51(12-10-49)26-38(60)61/h2-3,6-7,20,28,33H,1,4-5,8-19,21,23-27H2,(H,46,62)(H,47,54)(H,56,57)(H,58,59)(H,60,61)/t28-,33-/m0/s1. The molecule has 0 aliphatic carbocycles. The number of carbonyl (C=O) groups excluding carboxylic acids is 4. The lowest BCUT2D eigenvalue weighted by Crippen LogP contribution is -2.56. The van der Waals surface area contributed by atoms with Gasteiger partial charge < -0.3 is 40.5 Å². The molecule has 2 aromatic rings. The van der Waals surface area contributed by atoms with E-state index in [9.17, 15) is 62.9 Å². The Hall–Kier alpha value is -6.09. The van der Waals surface area contributed by atoms with Gasteiger partial charge in [0.1, 0.15) is 17.8 Å². The molecule has 0 saturated carbocycles. The van der Waals surface area contributed by atoms with Gasteiger partial charge in [-0.25, -0.2) is 8.78 Å². The van der Waals surface area contributed by atoms with Crippen LogP contribution < -0.4 is 15.4 Å². The van der Waals surface area contributed by atoms with Crippen LogP contribution in [0.4, 0.5) is 8.78 Å². The molecule has 23 heteroatoms. The van der Waals surface area contributed by atoms with E-state index in [1.165, 1.54) is 12.3 Å². The number of nitrogens with one attached hydrogen (secondary N) is 2. The topological polar surface area (TPSA) is 270 Å². The number of aromatic nitrogens is 1. The molecule has 4 amide bonds. The van der Waals surface area contributed by atoms with E-state index >= 15 is 0 Å². The molecule has 1 aromatic carbocycles. The molecule has 5 N–H and O–H groups in total. The molecule has 0 unspecified atom stereocenters. The Morgan fingerprint density at radius 1 is 0.844 bits per heavy atom. The summed E-state index contributed by atoms with van der Waals surface area (Å²) < 4.78 is 33.6. The molecular formula is C41H54F2N10O11. The van der Waals surface area contributed by atoms with Crippen molar-refractivity contribution in [2.45, 2.75) is 43.7 Å². The monoisotopic (exact) mass is 900 g/mol. The van der Waals surface area contributed by atoms with E-state index in [0.717, 1.165) is 4.90 Å². The maximum atomic E-state index is 13.8. The van der Waals surface area contributed by atoms with Gasteiger partial charge in [-0.1, -0.05) is 0 Å². The van der Waals surface area contributed by atoms with Gasteiger partial charge in [0.05, 0.1) is 56.5 Å². The Kier molecular flexibility index (Phi) is 17.6. The fourth-order valence-electron chi connectivity index (χ4n) is 7.86. The van der Waals surface area contributed by atoms with Crippen molar-refractivity contribution < 1.29 is 62.4 Å². The van der Waals surface area contributed by atoms with Gasteiger partial charge in [-0.3, -0.25) is 58.1 Å². The van der Waals surface area contributed by atoms with Crippen LogP contribution in [-0.4, -0.2) is 221 Å². The van der Waals surface area contributed by atoms with Gasteiger partial charge in [-0.2, -0.15) is 5.26 Å². The summed E-state index contributed by atoms with van der Waals surface area (Å²) in [6.07, 6.45) is 0.784. The molecule has 5 rings (SSSR count). The molecule has 4 heterocycles. The lowest BCUT2D eigenvalue weighted by molar-refractivity contribution is -0.140. The predicted octanol–water partition coefficient (Wildman–Crippen LogP) is -0.924. The van der Waals surface area contributed by atoms with Crippen molar-refractivity contribution >= 4 is 52.4 Å². The summed E-state index contributed by atoms with van der Waals surface area (Å²) in [4.78, 5) is 101. The zero-order valence-corrected chi connectivity index (χ0v) is 35.3. The predicted molar refractivity (Wildman–Crippen MR) is 221 cm³/mol. The van der Waals surface area contributed by atoms with E-state index in [4.69, 9.17) is 4.74 Å². The number of carboxylic acid groups (broad SMARTS) is 3. The van der Waals surface area contributed by atoms with Crippen LogP contribution in [0.15, 0.2) is 30.5 Å². The van der Waals surface area contributed by atoms with Crippen LogP contribution in [0, 0.1) is 11.3 Å². The van der Waals surface area contributed by atoms with Gasteiger partial charge in [0.25, 0.3) is 11.8 Å². The fourth-order valence-corrected chi connectivity index (χ4v) is 7.86. The number of piperazine rings is 1. The number of carbonyl (C=O) groups is 7. The zero-order valence-electron chi connectivity index (χ0n) is 35.3. The van der Waals surface area contributed by atoms with Gasteiger partial charge in [-0.05, 0) is 37.1 Å². The summed E-state index contributed by atoms with van der Waals surface area (Å²) in [5.41, 5.74) is 0.664. The number of fused-ring (bicyclic) bond motifs is 1. The fraction of sp³-hybridized carbons (Fsp3) is 0.585. The SMILES string of the molecule is N#C[C@@H]1CC(F)(F)CN1C(=O)CNC(=O)c1ccnc2ccc(OCCCN3CCN(C(=O)[C@H](CCC(=O)O)NC(=O)CN4CCN(CC(=O)O)CCN(CC(=O)O)CC4)CC3)cc12. The summed E-state index contributed by atoms with van der Waals surface area (Å²) in [6, 6.07) is 5.79. The van der Waals surface area contributed by atoms with Crippen LogP contribution in [0.25, 0.3) is 10.9 Å². The Morgan fingerprint density at radius 3 is 2.05 bits per heavy atom. The average Bonchev–Trinajstić information content (AvgIpc) is 3.62. The number of nitriles is 1. The first kappa shape index (κ1) is 48.9. The highest BCUT2D eigenvalue weighted by atomic mass is 19.3. The Bertz CT molecular complexity index is 2040. The number of amides is 4. The molecule has 3 aliphatic rings. The number of rotatable bonds is 19. The minimum atomic E-state index is -3.18. The number of hydrogen-bond donors (Lipinski definition) is 5. The molecule has 1 aromatic heterocycles. The highest BCUT2D eigenvalue weighted by molar-refractivity contribution is 6.07. The molecule has 0 bridgehead atoms. The van der Waals surface area contributed by atoms with Crippen LogP contribution in [0.2, 0.25) is 0 Å². The highest BCUT2D eigenvalue weighted by Crippen LogP contribution is 2.31. The number of alkyl halides is 2. The Balaban J connectivity index is 1.08. The third-order valence-corrected chi connectivity index (χ3v) is 11.2. The summed E-state index contributed by atoms with van der Waals surface area (Å²) in [5, 5.41) is 42.9. The third kappa shape index (κ3) is 14.7. The molecule has 3 saturated heterocycles. The van der Waals surface area contributed by atoms with E-state index in [2.05, 4.69) is 20.5 Å². The summed E-state index contributed by atoms with van der Waals surface area (Å²) >= 11 is 0. The van der Waals surface area contributed by atoms with E-state index in [1.807, 2.05) is 0 Å². The van der Waals surface area contributed by atoms with Gasteiger partial charge >= 0.3 is 17.9 Å². The number of hydrogen-bond acceptors (Lipinski definition) is 14. The minimum Gasteiger partial charge on any atom is -0.494 e. The van der Waals surface area contributed by atoms with Crippen LogP contribution in [0.1, 0.15) is 36.0 Å². The molecule has 2 atom stereocenters. The molecular weight excluding hydrogens is 847 g/mol. The lowest BCUT2D eigenvalue weighted by atomic mass is 10.1. The van der Waals surface area contributed by atoms with Crippen LogP contribution in [-0.2, 0) is 28.8 Å². The quantitative estimate of drug-likeness (QED) is 0.107. The smallest absolute Gasteiger partial charge is 0.317 e. The van der Waals surface area contributed by atoms with Gasteiger partial charge in [0.15, 0.2) is 0 Å². The van der Waals surface area contributed by atoms with E-state index in [1.54, 1.807) is 43.9 Å². The molecule has 3 aliphatic heterocycles. The lowest BCUT2D eigenvalue weighted by Gasteiger charge is -2.36. The van der Waals surface area contributed by atoms with Crippen molar-refractivity contribution in [3.8, 4) is 11.8 Å².